The van der Waals surface area contributed by atoms with E-state index in [2.05, 4.69) is 26.1 Å². The van der Waals surface area contributed by atoms with Crippen molar-refractivity contribution < 1.29 is 4.74 Å². The molecule has 0 spiro atoms. The third-order valence-corrected chi connectivity index (χ3v) is 3.41. The van der Waals surface area contributed by atoms with Crippen LogP contribution in [0.3, 0.4) is 0 Å². The zero-order valence-electron chi connectivity index (χ0n) is 10.4. The topological polar surface area (TPSA) is 21.3 Å². The first-order valence-corrected chi connectivity index (χ1v) is 6.32. The van der Waals surface area contributed by atoms with Crippen LogP contribution in [0.4, 0.5) is 0 Å². The highest BCUT2D eigenvalue weighted by Crippen LogP contribution is 2.45. The van der Waals surface area contributed by atoms with Crippen LogP contribution in [-0.4, -0.2) is 25.3 Å². The largest absolute Gasteiger partial charge is 0.381 e. The maximum atomic E-state index is 5.81. The minimum absolute atomic E-state index is 0.242. The van der Waals surface area contributed by atoms with Crippen molar-refractivity contribution in [2.45, 2.75) is 52.0 Å². The van der Waals surface area contributed by atoms with Gasteiger partial charge in [-0.25, -0.2) is 0 Å². The molecule has 1 N–H and O–H groups in total. The quantitative estimate of drug-likeness (QED) is 0.729. The summed E-state index contributed by atoms with van der Waals surface area (Å²) in [6, 6.07) is 0. The van der Waals surface area contributed by atoms with Crippen LogP contribution in [0, 0.1) is 11.3 Å². The van der Waals surface area contributed by atoms with E-state index in [1.54, 1.807) is 0 Å². The Morgan fingerprint density at radius 3 is 2.40 bits per heavy atom. The summed E-state index contributed by atoms with van der Waals surface area (Å²) in [7, 11) is 0. The van der Waals surface area contributed by atoms with Gasteiger partial charge in [-0.1, -0.05) is 0 Å². The molecule has 0 aromatic rings. The van der Waals surface area contributed by atoms with Crippen LogP contribution < -0.4 is 5.32 Å². The highest BCUT2D eigenvalue weighted by atomic mass is 16.5. The maximum absolute atomic E-state index is 5.81. The third-order valence-electron chi connectivity index (χ3n) is 3.41. The molecule has 2 fully saturated rings. The van der Waals surface area contributed by atoms with Crippen molar-refractivity contribution in [2.75, 3.05) is 19.8 Å². The summed E-state index contributed by atoms with van der Waals surface area (Å²) >= 11 is 0. The van der Waals surface area contributed by atoms with E-state index in [4.69, 9.17) is 4.74 Å². The summed E-state index contributed by atoms with van der Waals surface area (Å²) in [5.41, 5.74) is 0.730. The lowest BCUT2D eigenvalue weighted by Gasteiger charge is -2.25. The van der Waals surface area contributed by atoms with Crippen molar-refractivity contribution in [1.82, 2.24) is 5.32 Å². The zero-order valence-corrected chi connectivity index (χ0v) is 10.4. The molecular formula is C13H25NO. The Bertz CT molecular complexity index is 211. The highest BCUT2D eigenvalue weighted by Gasteiger charge is 2.43. The first-order valence-electron chi connectivity index (χ1n) is 6.32. The summed E-state index contributed by atoms with van der Waals surface area (Å²) in [6.07, 6.45) is 5.49. The fraction of sp³-hybridized carbons (Fsp3) is 1.00. The van der Waals surface area contributed by atoms with E-state index in [0.717, 1.165) is 25.7 Å². The van der Waals surface area contributed by atoms with Gasteiger partial charge < -0.3 is 10.1 Å². The van der Waals surface area contributed by atoms with Crippen LogP contribution in [0.5, 0.6) is 0 Å². The van der Waals surface area contributed by atoms with Crippen molar-refractivity contribution in [3.05, 3.63) is 0 Å². The molecular weight excluding hydrogens is 186 g/mol. The molecule has 0 bridgehead atoms. The lowest BCUT2D eigenvalue weighted by Crippen LogP contribution is -2.40. The average molecular weight is 211 g/mol. The fourth-order valence-corrected chi connectivity index (χ4v) is 1.73. The number of ether oxygens (including phenoxy) is 1. The van der Waals surface area contributed by atoms with Gasteiger partial charge >= 0.3 is 0 Å². The van der Waals surface area contributed by atoms with Crippen molar-refractivity contribution >= 4 is 0 Å². The van der Waals surface area contributed by atoms with Gasteiger partial charge in [-0.2, -0.15) is 0 Å². The minimum atomic E-state index is 0.242. The monoisotopic (exact) mass is 211 g/mol. The molecule has 0 saturated heterocycles. The zero-order chi connectivity index (χ0) is 10.9. The molecule has 0 radical (unpaired) electrons. The van der Waals surface area contributed by atoms with Gasteiger partial charge in [0.1, 0.15) is 0 Å². The summed E-state index contributed by atoms with van der Waals surface area (Å²) < 4.78 is 5.81. The number of hydrogen-bond donors (Lipinski definition) is 1. The number of hydrogen-bond acceptors (Lipinski definition) is 2. The van der Waals surface area contributed by atoms with Gasteiger partial charge in [0.25, 0.3) is 0 Å². The lowest BCUT2D eigenvalue weighted by atomic mass is 10.0. The van der Waals surface area contributed by atoms with Gasteiger partial charge in [-0.3, -0.25) is 0 Å². The van der Waals surface area contributed by atoms with Crippen LogP contribution in [0.1, 0.15) is 46.5 Å². The molecule has 0 amide bonds. The van der Waals surface area contributed by atoms with Crippen LogP contribution in [0.15, 0.2) is 0 Å². The van der Waals surface area contributed by atoms with Crippen molar-refractivity contribution in [3.8, 4) is 0 Å². The predicted molar refractivity (Wildman–Crippen MR) is 63.0 cm³/mol. The lowest BCUT2D eigenvalue weighted by molar-refractivity contribution is 0.0796. The van der Waals surface area contributed by atoms with Gasteiger partial charge in [0.2, 0.25) is 0 Å². The summed E-state index contributed by atoms with van der Waals surface area (Å²) in [6.45, 7) is 9.81. The first-order chi connectivity index (χ1) is 6.99. The van der Waals surface area contributed by atoms with E-state index in [9.17, 15) is 0 Å². The molecule has 2 heteroatoms. The maximum Gasteiger partial charge on any atom is 0.0534 e. The van der Waals surface area contributed by atoms with Crippen LogP contribution in [-0.2, 0) is 4.74 Å². The Kier molecular flexibility index (Phi) is 3.09. The molecule has 0 atom stereocenters. The Morgan fingerprint density at radius 2 is 1.93 bits per heavy atom. The van der Waals surface area contributed by atoms with Gasteiger partial charge in [-0.15, -0.1) is 0 Å². The van der Waals surface area contributed by atoms with Crippen molar-refractivity contribution in [1.29, 1.82) is 0 Å². The molecule has 0 aromatic heterocycles. The van der Waals surface area contributed by atoms with Crippen LogP contribution in [0.25, 0.3) is 0 Å². The van der Waals surface area contributed by atoms with Crippen LogP contribution in [0.2, 0.25) is 0 Å². The van der Waals surface area contributed by atoms with Gasteiger partial charge in [0.05, 0.1) is 6.61 Å². The normalized spacial score (nSPS) is 24.2. The van der Waals surface area contributed by atoms with E-state index in [0.29, 0.717) is 5.41 Å². The summed E-state index contributed by atoms with van der Waals surface area (Å²) in [4.78, 5) is 0. The molecule has 15 heavy (non-hydrogen) atoms. The Morgan fingerprint density at radius 1 is 1.27 bits per heavy atom. The van der Waals surface area contributed by atoms with Crippen LogP contribution >= 0.6 is 0 Å². The molecule has 0 aliphatic heterocycles. The summed E-state index contributed by atoms with van der Waals surface area (Å²) in [5, 5.41) is 3.60. The van der Waals surface area contributed by atoms with E-state index in [1.165, 1.54) is 25.7 Å². The molecule has 2 saturated carbocycles. The van der Waals surface area contributed by atoms with Gasteiger partial charge in [0, 0.05) is 24.1 Å². The second kappa shape index (κ2) is 4.06. The SMILES string of the molecule is CC(C)(C)NCC1(COCC2CC2)CC1. The molecule has 0 heterocycles. The van der Waals surface area contributed by atoms with E-state index >= 15 is 0 Å². The van der Waals surface area contributed by atoms with E-state index < -0.39 is 0 Å². The molecule has 2 rings (SSSR count). The third kappa shape index (κ3) is 4.12. The molecule has 88 valence electrons. The molecule has 2 aliphatic carbocycles. The molecule has 2 aliphatic rings. The second-order valence-electron chi connectivity index (χ2n) is 6.56. The van der Waals surface area contributed by atoms with E-state index in [1.807, 2.05) is 0 Å². The molecule has 0 unspecified atom stereocenters. The summed E-state index contributed by atoms with van der Waals surface area (Å²) in [5.74, 6) is 0.899. The highest BCUT2D eigenvalue weighted by molar-refractivity contribution is 4.96. The van der Waals surface area contributed by atoms with Gasteiger partial charge in [0.15, 0.2) is 0 Å². The number of nitrogens with one attached hydrogen (secondary N) is 1. The van der Waals surface area contributed by atoms with Crippen molar-refractivity contribution in [3.63, 3.8) is 0 Å². The van der Waals surface area contributed by atoms with Crippen molar-refractivity contribution in [2.24, 2.45) is 11.3 Å². The number of rotatable bonds is 6. The predicted octanol–water partition coefficient (Wildman–Crippen LogP) is 2.58. The standard InChI is InChI=1S/C13H25NO/c1-12(2,3)14-9-13(6-7-13)10-15-8-11-4-5-11/h11,14H,4-10H2,1-3H3. The Balaban J connectivity index is 1.61. The second-order valence-corrected chi connectivity index (χ2v) is 6.56. The smallest absolute Gasteiger partial charge is 0.0534 e. The fourth-order valence-electron chi connectivity index (χ4n) is 1.73. The molecule has 2 nitrogen and oxygen atoms in total. The average Bonchev–Trinajstić information content (AvgIpc) is 2.95. The Labute approximate surface area is 93.8 Å². The minimum Gasteiger partial charge on any atom is -0.381 e. The Hall–Kier alpha value is -0.0800. The molecule has 0 aromatic carbocycles. The first kappa shape index (κ1) is 11.4. The van der Waals surface area contributed by atoms with E-state index in [-0.39, 0.29) is 5.54 Å². The van der Waals surface area contributed by atoms with Gasteiger partial charge in [-0.05, 0) is 52.4 Å².